The van der Waals surface area contributed by atoms with Crippen molar-refractivity contribution in [2.24, 2.45) is 17.3 Å². The highest BCUT2D eigenvalue weighted by Gasteiger charge is 2.57. The number of hydrogen-bond donors (Lipinski definition) is 2. The molecular formula is C25H29FO3. The van der Waals surface area contributed by atoms with Crippen LogP contribution in [0.25, 0.3) is 0 Å². The molecule has 3 unspecified atom stereocenters. The molecule has 29 heavy (non-hydrogen) atoms. The topological polar surface area (TPSA) is 49.7 Å². The van der Waals surface area contributed by atoms with E-state index in [1.54, 1.807) is 12.1 Å². The highest BCUT2D eigenvalue weighted by molar-refractivity contribution is 5.41. The van der Waals surface area contributed by atoms with Crippen molar-refractivity contribution in [3.8, 4) is 5.75 Å². The highest BCUT2D eigenvalue weighted by atomic mass is 19.1. The van der Waals surface area contributed by atoms with Gasteiger partial charge in [0.2, 0.25) is 0 Å². The monoisotopic (exact) mass is 396 g/mol. The van der Waals surface area contributed by atoms with Gasteiger partial charge in [0.05, 0.1) is 12.2 Å². The molecular weight excluding hydrogens is 367 g/mol. The summed E-state index contributed by atoms with van der Waals surface area (Å²) < 4.78 is 19.0. The van der Waals surface area contributed by atoms with Gasteiger partial charge in [0.25, 0.3) is 0 Å². The summed E-state index contributed by atoms with van der Waals surface area (Å²) in [6.07, 6.45) is 3.74. The van der Waals surface area contributed by atoms with Gasteiger partial charge in [-0.2, -0.15) is 0 Å². The van der Waals surface area contributed by atoms with E-state index in [-0.39, 0.29) is 11.2 Å². The molecule has 6 atom stereocenters. The van der Waals surface area contributed by atoms with E-state index in [4.69, 9.17) is 4.74 Å². The maximum Gasteiger partial charge on any atom is 0.123 e. The Kier molecular flexibility index (Phi) is 4.67. The molecule has 2 saturated carbocycles. The molecule has 2 aromatic carbocycles. The summed E-state index contributed by atoms with van der Waals surface area (Å²) in [5.41, 5.74) is 3.60. The van der Waals surface area contributed by atoms with Gasteiger partial charge >= 0.3 is 0 Å². The average molecular weight is 397 g/mol. The van der Waals surface area contributed by atoms with Gasteiger partial charge in [-0.3, -0.25) is 0 Å². The molecule has 0 saturated heterocycles. The number of aliphatic hydroxyl groups excluding tert-OH is 2. The molecule has 0 spiro atoms. The van der Waals surface area contributed by atoms with Crippen LogP contribution in [0.1, 0.15) is 55.2 Å². The Morgan fingerprint density at radius 1 is 1.10 bits per heavy atom. The summed E-state index contributed by atoms with van der Waals surface area (Å²) in [4.78, 5) is 0. The van der Waals surface area contributed by atoms with Crippen LogP contribution in [-0.4, -0.2) is 22.4 Å². The first-order chi connectivity index (χ1) is 14.0. The predicted molar refractivity (Wildman–Crippen MR) is 109 cm³/mol. The molecule has 5 rings (SSSR count). The minimum Gasteiger partial charge on any atom is -0.489 e. The molecule has 0 radical (unpaired) electrons. The first-order valence-electron chi connectivity index (χ1n) is 10.8. The van der Waals surface area contributed by atoms with Gasteiger partial charge in [0, 0.05) is 0 Å². The smallest absolute Gasteiger partial charge is 0.123 e. The van der Waals surface area contributed by atoms with Crippen molar-refractivity contribution >= 4 is 0 Å². The van der Waals surface area contributed by atoms with Crippen LogP contribution in [0.5, 0.6) is 5.75 Å². The highest BCUT2D eigenvalue weighted by Crippen LogP contribution is 2.60. The van der Waals surface area contributed by atoms with E-state index < -0.39 is 12.2 Å². The summed E-state index contributed by atoms with van der Waals surface area (Å²) in [5, 5.41) is 20.9. The van der Waals surface area contributed by atoms with Crippen molar-refractivity contribution in [2.45, 2.75) is 63.8 Å². The largest absolute Gasteiger partial charge is 0.489 e. The summed E-state index contributed by atoms with van der Waals surface area (Å²) in [5.74, 6) is 2.08. The number of fused-ring (bicyclic) bond motifs is 5. The molecule has 154 valence electrons. The van der Waals surface area contributed by atoms with Gasteiger partial charge in [-0.25, -0.2) is 4.39 Å². The first kappa shape index (κ1) is 19.1. The molecule has 0 aromatic heterocycles. The molecule has 0 heterocycles. The quantitative estimate of drug-likeness (QED) is 0.798. The number of benzene rings is 2. The van der Waals surface area contributed by atoms with Gasteiger partial charge in [0.15, 0.2) is 0 Å². The number of hydrogen-bond acceptors (Lipinski definition) is 3. The first-order valence-corrected chi connectivity index (χ1v) is 10.8. The van der Waals surface area contributed by atoms with E-state index in [1.807, 2.05) is 0 Å². The van der Waals surface area contributed by atoms with Crippen molar-refractivity contribution in [3.05, 3.63) is 65.0 Å². The Hall–Kier alpha value is -1.91. The Balaban J connectivity index is 1.33. The summed E-state index contributed by atoms with van der Waals surface area (Å²) in [6, 6.07) is 12.9. The number of halogens is 1. The zero-order valence-electron chi connectivity index (χ0n) is 16.9. The fourth-order valence-electron chi connectivity index (χ4n) is 6.38. The van der Waals surface area contributed by atoms with E-state index in [2.05, 4.69) is 25.1 Å². The van der Waals surface area contributed by atoms with Crippen molar-refractivity contribution in [1.82, 2.24) is 0 Å². The van der Waals surface area contributed by atoms with E-state index in [1.165, 1.54) is 23.3 Å². The molecule has 2 N–H and O–H groups in total. The Morgan fingerprint density at radius 2 is 1.90 bits per heavy atom. The van der Waals surface area contributed by atoms with E-state index in [0.717, 1.165) is 43.4 Å². The third-order valence-corrected chi connectivity index (χ3v) is 7.99. The maximum absolute atomic E-state index is 13.1. The lowest BCUT2D eigenvalue weighted by Gasteiger charge is -2.49. The predicted octanol–water partition coefficient (Wildman–Crippen LogP) is 4.59. The number of ether oxygens (including phenoxy) is 1. The van der Waals surface area contributed by atoms with Crippen LogP contribution in [0.15, 0.2) is 42.5 Å². The van der Waals surface area contributed by atoms with Gasteiger partial charge in [-0.1, -0.05) is 25.1 Å². The van der Waals surface area contributed by atoms with Gasteiger partial charge in [-0.05, 0) is 96.2 Å². The van der Waals surface area contributed by atoms with Gasteiger partial charge < -0.3 is 14.9 Å². The van der Waals surface area contributed by atoms with Crippen molar-refractivity contribution < 1.29 is 19.3 Å². The van der Waals surface area contributed by atoms with E-state index in [0.29, 0.717) is 24.4 Å². The fraction of sp³-hybridized carbons (Fsp3) is 0.520. The van der Waals surface area contributed by atoms with Gasteiger partial charge in [-0.15, -0.1) is 0 Å². The molecule has 3 aliphatic carbocycles. The number of rotatable bonds is 3. The van der Waals surface area contributed by atoms with Crippen molar-refractivity contribution in [2.75, 3.05) is 0 Å². The second-order valence-electron chi connectivity index (χ2n) is 9.48. The lowest BCUT2D eigenvalue weighted by atomic mass is 9.55. The molecule has 2 fully saturated rings. The van der Waals surface area contributed by atoms with Crippen LogP contribution in [0.3, 0.4) is 0 Å². The average Bonchev–Trinajstić information content (AvgIpc) is 2.97. The number of aryl methyl sites for hydroxylation is 1. The molecule has 0 amide bonds. The Morgan fingerprint density at radius 3 is 2.69 bits per heavy atom. The Labute approximate surface area is 171 Å². The fourth-order valence-corrected chi connectivity index (χ4v) is 6.38. The van der Waals surface area contributed by atoms with E-state index >= 15 is 0 Å². The second-order valence-corrected chi connectivity index (χ2v) is 9.48. The van der Waals surface area contributed by atoms with Crippen LogP contribution < -0.4 is 4.74 Å². The van der Waals surface area contributed by atoms with Crippen molar-refractivity contribution in [1.29, 1.82) is 0 Å². The molecule has 2 aromatic rings. The molecule has 0 bridgehead atoms. The summed E-state index contributed by atoms with van der Waals surface area (Å²) in [7, 11) is 0. The van der Waals surface area contributed by atoms with Crippen LogP contribution in [0.2, 0.25) is 0 Å². The number of aliphatic hydroxyl groups is 2. The summed E-state index contributed by atoms with van der Waals surface area (Å²) in [6.45, 7) is 2.61. The van der Waals surface area contributed by atoms with Gasteiger partial charge in [0.1, 0.15) is 18.2 Å². The van der Waals surface area contributed by atoms with Crippen LogP contribution in [0.4, 0.5) is 4.39 Å². The van der Waals surface area contributed by atoms with Crippen LogP contribution in [0, 0.1) is 23.1 Å². The lowest BCUT2D eigenvalue weighted by molar-refractivity contribution is -0.0505. The van der Waals surface area contributed by atoms with E-state index in [9.17, 15) is 14.6 Å². The molecule has 4 heteroatoms. The minimum atomic E-state index is -0.586. The second kappa shape index (κ2) is 7.10. The zero-order chi connectivity index (χ0) is 20.2. The summed E-state index contributed by atoms with van der Waals surface area (Å²) >= 11 is 0. The van der Waals surface area contributed by atoms with Crippen LogP contribution in [-0.2, 0) is 13.0 Å². The zero-order valence-corrected chi connectivity index (χ0v) is 16.9. The van der Waals surface area contributed by atoms with Crippen molar-refractivity contribution in [3.63, 3.8) is 0 Å². The normalized spacial score (nSPS) is 35.5. The standard InChI is InChI=1S/C25H29FO3/c1-25-11-10-20-19-9-7-18(29-14-15-2-5-17(26)6-3-15)12-16(19)4-8-21(20)22(25)13-23(27)24(25)28/h2-3,5-7,9,12,20-24,27-28H,4,8,10-11,13-14H2,1H3/t20?,21?,22?,23-,24+,25+/m0/s1. The maximum atomic E-state index is 13.1. The third kappa shape index (κ3) is 3.17. The molecule has 0 aliphatic heterocycles. The molecule has 3 aliphatic rings. The Bertz CT molecular complexity index is 895. The van der Waals surface area contributed by atoms with Crippen LogP contribution >= 0.6 is 0 Å². The molecule has 3 nitrogen and oxygen atoms in total. The SMILES string of the molecule is C[C@@]12CCC3c4ccc(OCc5ccc(F)cc5)cc4CCC3C1C[C@H](O)[C@H]2O. The lowest BCUT2D eigenvalue weighted by Crippen LogP contribution is -2.44. The minimum absolute atomic E-state index is 0.143. The third-order valence-electron chi connectivity index (χ3n) is 7.99.